The molecule has 0 spiro atoms. The van der Waals surface area contributed by atoms with Crippen molar-refractivity contribution in [1.29, 1.82) is 0 Å². The molecule has 1 aliphatic rings. The second-order valence-corrected chi connectivity index (χ2v) is 3.80. The lowest BCUT2D eigenvalue weighted by Gasteiger charge is -2.20. The monoisotopic (exact) mass is 242 g/mol. The van der Waals surface area contributed by atoms with Crippen LogP contribution in [-0.4, -0.2) is 13.1 Å². The molecule has 0 fully saturated rings. The van der Waals surface area contributed by atoms with Gasteiger partial charge in [-0.2, -0.15) is 0 Å². The minimum absolute atomic E-state index is 0.403. The summed E-state index contributed by atoms with van der Waals surface area (Å²) in [6, 6.07) is 12.3. The summed E-state index contributed by atoms with van der Waals surface area (Å²) in [5.74, 6) is 1.99. The Bertz CT molecular complexity index is 619. The van der Waals surface area contributed by atoms with Gasteiger partial charge in [-0.15, -0.1) is 0 Å². The minimum Gasteiger partial charge on any atom is -0.465 e. The predicted molar refractivity (Wildman–Crippen MR) is 64.4 cm³/mol. The van der Waals surface area contributed by atoms with Crippen LogP contribution in [0.15, 0.2) is 42.5 Å². The van der Waals surface area contributed by atoms with Crippen LogP contribution in [0.1, 0.15) is 10.4 Å². The lowest BCUT2D eigenvalue weighted by atomic mass is 10.2. The smallest absolute Gasteiger partial charge is 0.337 e. The molecule has 90 valence electrons. The van der Waals surface area contributed by atoms with Gasteiger partial charge in [-0.25, -0.2) is 4.79 Å². The number of benzene rings is 2. The average molecular weight is 242 g/mol. The van der Waals surface area contributed by atoms with Crippen molar-refractivity contribution in [2.75, 3.05) is 7.11 Å². The van der Waals surface area contributed by atoms with Gasteiger partial charge in [0.05, 0.1) is 12.7 Å². The van der Waals surface area contributed by atoms with E-state index in [1.165, 1.54) is 7.11 Å². The number of ether oxygens (including phenoxy) is 3. The molecule has 0 amide bonds. The van der Waals surface area contributed by atoms with Crippen LogP contribution in [-0.2, 0) is 4.74 Å². The van der Waals surface area contributed by atoms with Gasteiger partial charge < -0.3 is 14.2 Å². The summed E-state index contributed by atoms with van der Waals surface area (Å²) >= 11 is 0. The van der Waals surface area contributed by atoms with Crippen molar-refractivity contribution in [1.82, 2.24) is 0 Å². The Morgan fingerprint density at radius 3 is 2.22 bits per heavy atom. The standard InChI is InChI=1S/C14H10O4/c1-16-14(15)9-6-7-12-13(8-9)18-11-5-3-2-4-10(11)17-12/h2-8H,1H3. The quantitative estimate of drug-likeness (QED) is 0.614. The Morgan fingerprint density at radius 1 is 0.944 bits per heavy atom. The molecule has 4 nitrogen and oxygen atoms in total. The predicted octanol–water partition coefficient (Wildman–Crippen LogP) is 3.37. The fraction of sp³-hybridized carbons (Fsp3) is 0.0714. The molecule has 0 N–H and O–H groups in total. The molecule has 0 aliphatic carbocycles. The van der Waals surface area contributed by atoms with Crippen LogP contribution in [0, 0.1) is 0 Å². The van der Waals surface area contributed by atoms with E-state index in [1.807, 2.05) is 24.3 Å². The van der Waals surface area contributed by atoms with E-state index in [-0.39, 0.29) is 0 Å². The van der Waals surface area contributed by atoms with E-state index in [0.717, 1.165) is 0 Å². The minimum atomic E-state index is -0.403. The molecule has 0 atom stereocenters. The maximum absolute atomic E-state index is 11.4. The van der Waals surface area contributed by atoms with E-state index >= 15 is 0 Å². The highest BCUT2D eigenvalue weighted by Gasteiger charge is 2.19. The van der Waals surface area contributed by atoms with Crippen LogP contribution in [0.2, 0.25) is 0 Å². The van der Waals surface area contributed by atoms with E-state index in [0.29, 0.717) is 28.6 Å². The highest BCUT2D eigenvalue weighted by atomic mass is 16.6. The molecule has 0 saturated carbocycles. The number of esters is 1. The summed E-state index contributed by atoms with van der Waals surface area (Å²) in [4.78, 5) is 11.4. The average Bonchev–Trinajstić information content (AvgIpc) is 2.43. The third-order valence-electron chi connectivity index (χ3n) is 2.65. The summed E-state index contributed by atoms with van der Waals surface area (Å²) in [5, 5.41) is 0. The van der Waals surface area contributed by atoms with Crippen LogP contribution < -0.4 is 9.47 Å². The van der Waals surface area contributed by atoms with Gasteiger partial charge in [0, 0.05) is 0 Å². The van der Waals surface area contributed by atoms with Crippen molar-refractivity contribution >= 4 is 5.97 Å². The number of para-hydroxylation sites is 2. The number of carbonyl (C=O) groups is 1. The Kier molecular flexibility index (Phi) is 2.41. The number of methoxy groups -OCH3 is 1. The lowest BCUT2D eigenvalue weighted by Crippen LogP contribution is -2.04. The van der Waals surface area contributed by atoms with E-state index in [9.17, 15) is 4.79 Å². The van der Waals surface area contributed by atoms with E-state index in [2.05, 4.69) is 4.74 Å². The lowest BCUT2D eigenvalue weighted by molar-refractivity contribution is 0.0600. The van der Waals surface area contributed by atoms with Crippen LogP contribution >= 0.6 is 0 Å². The van der Waals surface area contributed by atoms with Crippen LogP contribution in [0.4, 0.5) is 0 Å². The molecule has 0 saturated heterocycles. The first-order chi connectivity index (χ1) is 8.78. The molecule has 2 aromatic carbocycles. The van der Waals surface area contributed by atoms with Crippen molar-refractivity contribution in [3.05, 3.63) is 48.0 Å². The Morgan fingerprint density at radius 2 is 1.56 bits per heavy atom. The normalized spacial score (nSPS) is 11.6. The highest BCUT2D eigenvalue weighted by molar-refractivity contribution is 5.90. The van der Waals surface area contributed by atoms with Crippen LogP contribution in [0.5, 0.6) is 23.0 Å². The summed E-state index contributed by atoms with van der Waals surface area (Å²) in [5.41, 5.74) is 0.430. The molecular formula is C14H10O4. The van der Waals surface area contributed by atoms with Crippen molar-refractivity contribution in [3.8, 4) is 23.0 Å². The summed E-state index contributed by atoms with van der Waals surface area (Å²) in [6.07, 6.45) is 0. The Hall–Kier alpha value is -2.49. The zero-order chi connectivity index (χ0) is 12.5. The fourth-order valence-corrected chi connectivity index (χ4v) is 1.77. The molecule has 1 aliphatic heterocycles. The molecule has 0 bridgehead atoms. The molecular weight excluding hydrogens is 232 g/mol. The number of hydrogen-bond acceptors (Lipinski definition) is 4. The van der Waals surface area contributed by atoms with Gasteiger partial charge in [-0.05, 0) is 30.3 Å². The maximum Gasteiger partial charge on any atom is 0.337 e. The van der Waals surface area contributed by atoms with Gasteiger partial charge in [0.25, 0.3) is 0 Å². The second kappa shape index (κ2) is 4.07. The van der Waals surface area contributed by atoms with E-state index in [4.69, 9.17) is 9.47 Å². The SMILES string of the molecule is COC(=O)c1ccc2c(c1)Oc1ccccc1O2. The maximum atomic E-state index is 11.4. The van der Waals surface area contributed by atoms with E-state index in [1.54, 1.807) is 18.2 Å². The topological polar surface area (TPSA) is 44.8 Å². The zero-order valence-electron chi connectivity index (χ0n) is 9.67. The van der Waals surface area contributed by atoms with Crippen molar-refractivity contribution in [2.45, 2.75) is 0 Å². The van der Waals surface area contributed by atoms with Gasteiger partial charge >= 0.3 is 5.97 Å². The molecule has 0 unspecified atom stereocenters. The summed E-state index contributed by atoms with van der Waals surface area (Å²) in [7, 11) is 1.34. The number of rotatable bonds is 1. The zero-order valence-corrected chi connectivity index (χ0v) is 9.67. The fourth-order valence-electron chi connectivity index (χ4n) is 1.77. The Labute approximate surface area is 104 Å². The second-order valence-electron chi connectivity index (χ2n) is 3.80. The van der Waals surface area contributed by atoms with Gasteiger partial charge in [-0.1, -0.05) is 12.1 Å². The molecule has 1 heterocycles. The molecule has 2 aromatic rings. The third-order valence-corrected chi connectivity index (χ3v) is 2.65. The van der Waals surface area contributed by atoms with Gasteiger partial charge in [0.15, 0.2) is 23.0 Å². The molecule has 0 radical (unpaired) electrons. The summed E-state index contributed by atoms with van der Waals surface area (Å²) in [6.45, 7) is 0. The van der Waals surface area contributed by atoms with Crippen LogP contribution in [0.3, 0.4) is 0 Å². The molecule has 4 heteroatoms. The number of hydrogen-bond donors (Lipinski definition) is 0. The number of carbonyl (C=O) groups excluding carboxylic acids is 1. The molecule has 18 heavy (non-hydrogen) atoms. The first-order valence-electron chi connectivity index (χ1n) is 5.45. The largest absolute Gasteiger partial charge is 0.465 e. The van der Waals surface area contributed by atoms with Crippen molar-refractivity contribution in [3.63, 3.8) is 0 Å². The number of fused-ring (bicyclic) bond motifs is 2. The molecule has 3 rings (SSSR count). The van der Waals surface area contributed by atoms with Crippen LogP contribution in [0.25, 0.3) is 0 Å². The third kappa shape index (κ3) is 1.68. The first kappa shape index (κ1) is 10.7. The molecule has 0 aromatic heterocycles. The van der Waals surface area contributed by atoms with E-state index < -0.39 is 5.97 Å². The highest BCUT2D eigenvalue weighted by Crippen LogP contribution is 2.45. The Balaban J connectivity index is 2.01. The van der Waals surface area contributed by atoms with Gasteiger partial charge in [0.1, 0.15) is 0 Å². The summed E-state index contributed by atoms with van der Waals surface area (Å²) < 4.78 is 16.0. The van der Waals surface area contributed by atoms with Gasteiger partial charge in [0.2, 0.25) is 0 Å². The van der Waals surface area contributed by atoms with Crippen molar-refractivity contribution in [2.24, 2.45) is 0 Å². The van der Waals surface area contributed by atoms with Crippen molar-refractivity contribution < 1.29 is 19.0 Å². The van der Waals surface area contributed by atoms with Gasteiger partial charge in [-0.3, -0.25) is 0 Å². The first-order valence-corrected chi connectivity index (χ1v) is 5.45.